The summed E-state index contributed by atoms with van der Waals surface area (Å²) in [6.45, 7) is 8.68. The number of rotatable bonds is 5. The van der Waals surface area contributed by atoms with Crippen LogP contribution in [0.4, 0.5) is 0 Å². The van der Waals surface area contributed by atoms with Gasteiger partial charge < -0.3 is 9.47 Å². The largest absolute Gasteiger partial charge is 0.317 e. The zero-order chi connectivity index (χ0) is 20.6. The molecule has 0 bridgehead atoms. The van der Waals surface area contributed by atoms with E-state index in [0.717, 1.165) is 44.7 Å². The lowest BCUT2D eigenvalue weighted by Crippen LogP contribution is -2.43. The van der Waals surface area contributed by atoms with E-state index in [0.29, 0.717) is 11.3 Å². The molecule has 0 radical (unpaired) electrons. The van der Waals surface area contributed by atoms with Crippen molar-refractivity contribution in [3.05, 3.63) is 54.2 Å². The molecule has 2 aromatic heterocycles. The van der Waals surface area contributed by atoms with Crippen molar-refractivity contribution in [2.45, 2.75) is 45.2 Å². The van der Waals surface area contributed by atoms with Gasteiger partial charge in [0.15, 0.2) is 0 Å². The highest BCUT2D eigenvalue weighted by atomic mass is 15.3. The van der Waals surface area contributed by atoms with E-state index in [1.165, 1.54) is 36.3 Å². The van der Waals surface area contributed by atoms with Crippen LogP contribution in [0.15, 0.2) is 42.7 Å². The number of aryl methyl sites for hydroxylation is 1. The topological polar surface area (TPSA) is 50.1 Å². The smallest absolute Gasteiger partial charge is 0.137 e. The monoisotopic (exact) mass is 404 g/mol. The zero-order valence-corrected chi connectivity index (χ0v) is 18.2. The number of hydrogen-bond acceptors (Lipinski definition) is 5. The van der Waals surface area contributed by atoms with Crippen LogP contribution in [0.3, 0.4) is 0 Å². The molecule has 5 rings (SSSR count). The van der Waals surface area contributed by atoms with Crippen molar-refractivity contribution in [3.63, 3.8) is 0 Å². The summed E-state index contributed by atoms with van der Waals surface area (Å²) in [5.74, 6) is 1.68. The molecule has 1 atom stereocenters. The van der Waals surface area contributed by atoms with E-state index in [2.05, 4.69) is 74.9 Å². The molecule has 158 valence electrons. The number of aromatic nitrogens is 4. The molecule has 0 aliphatic carbocycles. The summed E-state index contributed by atoms with van der Waals surface area (Å²) in [4.78, 5) is 9.96. The molecule has 6 heteroatoms. The summed E-state index contributed by atoms with van der Waals surface area (Å²) >= 11 is 0. The Morgan fingerprint density at radius 1 is 1.10 bits per heavy atom. The summed E-state index contributed by atoms with van der Waals surface area (Å²) in [6, 6.07) is 12.8. The number of hydrogen-bond donors (Lipinski definition) is 0. The molecule has 1 aromatic carbocycles. The summed E-state index contributed by atoms with van der Waals surface area (Å²) in [5.41, 5.74) is 2.59. The first-order valence-electron chi connectivity index (χ1n) is 11.3. The van der Waals surface area contributed by atoms with E-state index in [1.54, 1.807) is 0 Å². The standard InChI is InChI=1S/C24H32N6/c1-3-12-30-18-25-27-23(30)21-16-28(2)17-24(21)10-13-29(14-11-24)15-20-9-8-19-6-4-5-7-22(19)26-20/h4-9,18,21H,3,10-17H2,1-2H3. The number of pyridine rings is 1. The van der Waals surface area contributed by atoms with Crippen LogP contribution in [-0.2, 0) is 13.1 Å². The van der Waals surface area contributed by atoms with Crippen molar-refractivity contribution in [2.75, 3.05) is 33.2 Å². The van der Waals surface area contributed by atoms with Gasteiger partial charge in [-0.2, -0.15) is 0 Å². The number of piperidine rings is 1. The minimum Gasteiger partial charge on any atom is -0.317 e. The third-order valence-electron chi connectivity index (χ3n) is 7.13. The lowest BCUT2D eigenvalue weighted by molar-refractivity contribution is 0.0904. The quantitative estimate of drug-likeness (QED) is 0.651. The maximum absolute atomic E-state index is 4.89. The van der Waals surface area contributed by atoms with Crippen LogP contribution in [0.25, 0.3) is 10.9 Å². The van der Waals surface area contributed by atoms with E-state index in [-0.39, 0.29) is 0 Å². The molecule has 4 heterocycles. The van der Waals surface area contributed by atoms with E-state index in [4.69, 9.17) is 4.98 Å². The minimum absolute atomic E-state index is 0.320. The van der Waals surface area contributed by atoms with Gasteiger partial charge in [0.2, 0.25) is 0 Å². The second kappa shape index (κ2) is 8.08. The van der Waals surface area contributed by atoms with Gasteiger partial charge in [-0.3, -0.25) is 9.88 Å². The molecule has 6 nitrogen and oxygen atoms in total. The van der Waals surface area contributed by atoms with E-state index < -0.39 is 0 Å². The maximum atomic E-state index is 4.89. The highest BCUT2D eigenvalue weighted by Gasteiger charge is 2.49. The van der Waals surface area contributed by atoms with Crippen molar-refractivity contribution in [1.29, 1.82) is 0 Å². The Morgan fingerprint density at radius 2 is 1.93 bits per heavy atom. The zero-order valence-electron chi connectivity index (χ0n) is 18.2. The van der Waals surface area contributed by atoms with Crippen LogP contribution in [0.2, 0.25) is 0 Å². The Bertz CT molecular complexity index is 1000. The highest BCUT2D eigenvalue weighted by Crippen LogP contribution is 2.49. The number of likely N-dealkylation sites (N-methyl/N-ethyl adjacent to an activating group) is 1. The first-order chi connectivity index (χ1) is 14.7. The third-order valence-corrected chi connectivity index (χ3v) is 7.13. The van der Waals surface area contributed by atoms with Crippen molar-refractivity contribution >= 4 is 10.9 Å². The summed E-state index contributed by atoms with van der Waals surface area (Å²) in [7, 11) is 2.26. The Hall–Kier alpha value is -2.31. The molecule has 1 spiro atoms. The molecule has 1 unspecified atom stereocenters. The molecule has 2 saturated heterocycles. The Kier molecular flexibility index (Phi) is 5.29. The predicted molar refractivity (Wildman–Crippen MR) is 119 cm³/mol. The molecule has 2 aliphatic rings. The Balaban J connectivity index is 1.30. The van der Waals surface area contributed by atoms with Gasteiger partial charge >= 0.3 is 0 Å². The molecule has 0 N–H and O–H groups in total. The number of fused-ring (bicyclic) bond motifs is 1. The fourth-order valence-corrected chi connectivity index (χ4v) is 5.61. The van der Waals surface area contributed by atoms with Gasteiger partial charge in [0.1, 0.15) is 12.2 Å². The molecule has 3 aromatic rings. The van der Waals surface area contributed by atoms with Gasteiger partial charge in [-0.05, 0) is 56.9 Å². The Morgan fingerprint density at radius 3 is 2.77 bits per heavy atom. The highest BCUT2D eigenvalue weighted by molar-refractivity contribution is 5.78. The average molecular weight is 405 g/mol. The molecule has 30 heavy (non-hydrogen) atoms. The SMILES string of the molecule is CCCn1cnnc1C1CN(C)CC12CCN(Cc1ccc3ccccc3n1)CC2. The summed E-state index contributed by atoms with van der Waals surface area (Å²) < 4.78 is 2.29. The van der Waals surface area contributed by atoms with Crippen LogP contribution in [-0.4, -0.2) is 62.8 Å². The third kappa shape index (κ3) is 3.63. The van der Waals surface area contributed by atoms with Gasteiger partial charge in [0.25, 0.3) is 0 Å². The predicted octanol–water partition coefficient (Wildman–Crippen LogP) is 3.55. The second-order valence-corrected chi connectivity index (χ2v) is 9.27. The molecular weight excluding hydrogens is 372 g/mol. The van der Waals surface area contributed by atoms with Crippen LogP contribution >= 0.6 is 0 Å². The van der Waals surface area contributed by atoms with Crippen LogP contribution < -0.4 is 0 Å². The van der Waals surface area contributed by atoms with Gasteiger partial charge in [0.05, 0.1) is 11.2 Å². The molecule has 0 amide bonds. The van der Waals surface area contributed by atoms with Gasteiger partial charge in [0, 0.05) is 37.5 Å². The van der Waals surface area contributed by atoms with Gasteiger partial charge in [-0.1, -0.05) is 31.2 Å². The first kappa shape index (κ1) is 19.6. The Labute approximate surface area is 178 Å². The lowest BCUT2D eigenvalue weighted by Gasteiger charge is -2.42. The van der Waals surface area contributed by atoms with Crippen molar-refractivity contribution < 1.29 is 0 Å². The summed E-state index contributed by atoms with van der Waals surface area (Å²) in [6.07, 6.45) is 5.47. The number of likely N-dealkylation sites (tertiary alicyclic amines) is 2. The molecular formula is C24H32N6. The number of benzene rings is 1. The average Bonchev–Trinajstić information content (AvgIpc) is 3.34. The number of para-hydroxylation sites is 1. The fraction of sp³-hybridized carbons (Fsp3) is 0.542. The van der Waals surface area contributed by atoms with E-state index in [9.17, 15) is 0 Å². The minimum atomic E-state index is 0.320. The van der Waals surface area contributed by atoms with Crippen molar-refractivity contribution in [1.82, 2.24) is 29.5 Å². The summed E-state index contributed by atoms with van der Waals surface area (Å²) in [5, 5.41) is 10.1. The van der Waals surface area contributed by atoms with E-state index >= 15 is 0 Å². The van der Waals surface area contributed by atoms with Crippen LogP contribution in [0.1, 0.15) is 43.6 Å². The van der Waals surface area contributed by atoms with Crippen LogP contribution in [0.5, 0.6) is 0 Å². The number of nitrogens with zero attached hydrogens (tertiary/aromatic N) is 6. The molecule has 0 saturated carbocycles. The van der Waals surface area contributed by atoms with Gasteiger partial charge in [-0.25, -0.2) is 0 Å². The van der Waals surface area contributed by atoms with Crippen molar-refractivity contribution in [3.8, 4) is 0 Å². The second-order valence-electron chi connectivity index (χ2n) is 9.27. The fourth-order valence-electron chi connectivity index (χ4n) is 5.61. The maximum Gasteiger partial charge on any atom is 0.137 e. The lowest BCUT2D eigenvalue weighted by atomic mass is 9.70. The van der Waals surface area contributed by atoms with E-state index in [1.807, 2.05) is 6.33 Å². The molecule has 2 aliphatic heterocycles. The molecule has 2 fully saturated rings. The normalized spacial score (nSPS) is 22.3. The van der Waals surface area contributed by atoms with Gasteiger partial charge in [-0.15, -0.1) is 10.2 Å². The van der Waals surface area contributed by atoms with Crippen LogP contribution in [0, 0.1) is 5.41 Å². The van der Waals surface area contributed by atoms with Crippen molar-refractivity contribution in [2.24, 2.45) is 5.41 Å². The first-order valence-corrected chi connectivity index (χ1v) is 11.3.